The van der Waals surface area contributed by atoms with Crippen LogP contribution in [-0.2, 0) is 11.2 Å². The van der Waals surface area contributed by atoms with E-state index in [9.17, 15) is 4.55 Å². The third-order valence-electron chi connectivity index (χ3n) is 1.97. The summed E-state index contributed by atoms with van der Waals surface area (Å²) in [5.41, 5.74) is 0. The molecule has 1 aromatic carbocycles. The molecule has 1 radical (unpaired) electrons. The van der Waals surface area contributed by atoms with Crippen molar-refractivity contribution in [3.05, 3.63) is 47.2 Å². The van der Waals surface area contributed by atoms with Crippen LogP contribution in [0.3, 0.4) is 0 Å². The highest BCUT2D eigenvalue weighted by Crippen LogP contribution is 2.41. The van der Waals surface area contributed by atoms with E-state index >= 15 is 0 Å². The molecule has 1 aliphatic rings. The highest BCUT2D eigenvalue weighted by molar-refractivity contribution is 8.22. The Hall–Kier alpha value is -0.640. The van der Waals surface area contributed by atoms with Gasteiger partial charge in [0.1, 0.15) is 6.26 Å². The monoisotopic (exact) mass is 223 g/mol. The lowest BCUT2D eigenvalue weighted by Crippen LogP contribution is -1.96. The molecule has 0 saturated carbocycles. The minimum Gasteiger partial charge on any atom is -0.612 e. The normalized spacial score (nSPS) is 18.9. The summed E-state index contributed by atoms with van der Waals surface area (Å²) in [6, 6.07) is 8.90. The first-order valence-corrected chi connectivity index (χ1v) is 7.30. The summed E-state index contributed by atoms with van der Waals surface area (Å²) in [6.45, 7) is 0. The lowest BCUT2D eigenvalue weighted by atomic mass is 10.4. The quantitative estimate of drug-likeness (QED) is 0.604. The molecule has 14 heavy (non-hydrogen) atoms. The molecule has 0 N–H and O–H groups in total. The number of hydrogen-bond donors (Lipinski definition) is 1. The van der Waals surface area contributed by atoms with Crippen LogP contribution in [0.4, 0.5) is 0 Å². The zero-order valence-electron chi connectivity index (χ0n) is 7.81. The van der Waals surface area contributed by atoms with Crippen LogP contribution in [0.5, 0.6) is 0 Å². The Balaban J connectivity index is 2.30. The summed E-state index contributed by atoms with van der Waals surface area (Å²) in [4.78, 5) is 2.03. The Morgan fingerprint density at radius 3 is 2.71 bits per heavy atom. The van der Waals surface area contributed by atoms with Crippen LogP contribution >= 0.6 is 10.9 Å². The van der Waals surface area contributed by atoms with E-state index in [1.54, 1.807) is 6.26 Å². The first-order chi connectivity index (χ1) is 6.77. The van der Waals surface area contributed by atoms with E-state index < -0.39 is 11.2 Å². The lowest BCUT2D eigenvalue weighted by Gasteiger charge is -2.11. The predicted molar refractivity (Wildman–Crippen MR) is 63.1 cm³/mol. The van der Waals surface area contributed by atoms with Gasteiger partial charge in [-0.2, -0.15) is 10.9 Å². The van der Waals surface area contributed by atoms with Crippen LogP contribution in [0.15, 0.2) is 51.0 Å². The molecule has 1 unspecified atom stereocenters. The largest absolute Gasteiger partial charge is 0.612 e. The third kappa shape index (κ3) is 2.05. The van der Waals surface area contributed by atoms with Crippen LogP contribution in [0.1, 0.15) is 0 Å². The van der Waals surface area contributed by atoms with E-state index in [0.717, 1.165) is 9.79 Å². The fourth-order valence-corrected chi connectivity index (χ4v) is 3.39. The first-order valence-electron chi connectivity index (χ1n) is 4.26. The first kappa shape index (κ1) is 9.90. The van der Waals surface area contributed by atoms with Gasteiger partial charge in [-0.15, -0.1) is 0 Å². The molecule has 1 aliphatic heterocycles. The van der Waals surface area contributed by atoms with Crippen LogP contribution in [0, 0.1) is 6.07 Å². The lowest BCUT2D eigenvalue weighted by molar-refractivity contribution is 0.600. The molecular weight excluding hydrogens is 212 g/mol. The molecule has 0 aromatic heterocycles. The molecule has 1 heterocycles. The second kappa shape index (κ2) is 4.26. The molecule has 1 nitrogen and oxygen atoms in total. The summed E-state index contributed by atoms with van der Waals surface area (Å²) >= 11 is -0.897. The maximum Gasteiger partial charge on any atom is 0.153 e. The molecule has 0 bridgehead atoms. The standard InChI is InChI=1S/C11H11OS2/c1-13(12)10-5-4-6-11(9-10)14-7-2-3-8-14/h2-5,7-9,14H,1H3. The van der Waals surface area contributed by atoms with Crippen molar-refractivity contribution in [3.8, 4) is 0 Å². The van der Waals surface area contributed by atoms with Crippen molar-refractivity contribution < 1.29 is 4.55 Å². The Morgan fingerprint density at radius 2 is 2.07 bits per heavy atom. The zero-order chi connectivity index (χ0) is 9.97. The van der Waals surface area contributed by atoms with E-state index in [1.807, 2.05) is 18.2 Å². The van der Waals surface area contributed by atoms with E-state index in [2.05, 4.69) is 29.0 Å². The van der Waals surface area contributed by atoms with Gasteiger partial charge in [0.05, 0.1) is 0 Å². The predicted octanol–water partition coefficient (Wildman–Crippen LogP) is 2.63. The fourth-order valence-electron chi connectivity index (χ4n) is 1.26. The average Bonchev–Trinajstić information content (AvgIpc) is 2.71. The van der Waals surface area contributed by atoms with Crippen LogP contribution in [-0.4, -0.2) is 10.8 Å². The minimum atomic E-state index is -0.897. The number of rotatable bonds is 2. The second-order valence-corrected chi connectivity index (χ2v) is 6.23. The van der Waals surface area contributed by atoms with Crippen molar-refractivity contribution in [2.45, 2.75) is 9.79 Å². The Labute approximate surface area is 90.1 Å². The van der Waals surface area contributed by atoms with Crippen LogP contribution in [0.2, 0.25) is 0 Å². The SMILES string of the molecule is C[S+]([O-])c1cc[c]c([SH]2C=CC=C2)c1. The number of allylic oxidation sites excluding steroid dienone is 2. The van der Waals surface area contributed by atoms with Gasteiger partial charge in [0, 0.05) is 11.0 Å². The second-order valence-electron chi connectivity index (χ2n) is 2.95. The number of hydrogen-bond acceptors (Lipinski definition) is 1. The smallest absolute Gasteiger partial charge is 0.153 e. The van der Waals surface area contributed by atoms with Gasteiger partial charge in [-0.05, 0) is 40.2 Å². The van der Waals surface area contributed by atoms with E-state index in [1.165, 1.54) is 0 Å². The molecule has 0 saturated heterocycles. The summed E-state index contributed by atoms with van der Waals surface area (Å²) in [5, 5.41) is 4.34. The van der Waals surface area contributed by atoms with Crippen molar-refractivity contribution in [3.63, 3.8) is 0 Å². The average molecular weight is 223 g/mol. The Bertz CT molecular complexity index is 371. The molecule has 0 fully saturated rings. The van der Waals surface area contributed by atoms with Gasteiger partial charge in [-0.25, -0.2) is 0 Å². The van der Waals surface area contributed by atoms with Crippen LogP contribution in [0.25, 0.3) is 0 Å². The summed E-state index contributed by atoms with van der Waals surface area (Å²) in [7, 11) is -0.332. The maximum absolute atomic E-state index is 11.3. The number of thiol groups is 1. The molecule has 0 spiro atoms. The molecule has 73 valence electrons. The maximum atomic E-state index is 11.3. The summed E-state index contributed by atoms with van der Waals surface area (Å²) < 4.78 is 11.3. The highest BCUT2D eigenvalue weighted by Gasteiger charge is 2.08. The number of benzene rings is 1. The van der Waals surface area contributed by atoms with E-state index in [0.29, 0.717) is 0 Å². The summed E-state index contributed by atoms with van der Waals surface area (Å²) in [5.74, 6) is 0. The molecule has 3 heteroatoms. The summed E-state index contributed by atoms with van der Waals surface area (Å²) in [6.07, 6.45) is 5.80. The van der Waals surface area contributed by atoms with Crippen molar-refractivity contribution in [1.82, 2.24) is 0 Å². The molecule has 0 aliphatic carbocycles. The van der Waals surface area contributed by atoms with Gasteiger partial charge in [-0.1, -0.05) is 12.2 Å². The Kier molecular flexibility index (Phi) is 3.01. The van der Waals surface area contributed by atoms with Crippen molar-refractivity contribution in [2.24, 2.45) is 0 Å². The molecule has 0 amide bonds. The van der Waals surface area contributed by atoms with Crippen molar-refractivity contribution in [1.29, 1.82) is 0 Å². The Morgan fingerprint density at radius 1 is 1.36 bits per heavy atom. The molecule has 1 atom stereocenters. The highest BCUT2D eigenvalue weighted by atomic mass is 32.2. The van der Waals surface area contributed by atoms with E-state index in [-0.39, 0.29) is 10.9 Å². The molecule has 2 rings (SSSR count). The van der Waals surface area contributed by atoms with Gasteiger partial charge in [-0.3, -0.25) is 0 Å². The van der Waals surface area contributed by atoms with Crippen LogP contribution < -0.4 is 0 Å². The zero-order valence-corrected chi connectivity index (χ0v) is 9.52. The van der Waals surface area contributed by atoms with Gasteiger partial charge in [0.15, 0.2) is 4.90 Å². The van der Waals surface area contributed by atoms with Gasteiger partial charge in [0.25, 0.3) is 0 Å². The van der Waals surface area contributed by atoms with Crippen molar-refractivity contribution >= 4 is 22.1 Å². The van der Waals surface area contributed by atoms with Gasteiger partial charge < -0.3 is 4.55 Å². The topological polar surface area (TPSA) is 23.1 Å². The minimum absolute atomic E-state index is 0.332. The third-order valence-corrected chi connectivity index (χ3v) is 4.69. The molecule has 1 aromatic rings. The van der Waals surface area contributed by atoms with Gasteiger partial charge in [0.2, 0.25) is 0 Å². The van der Waals surface area contributed by atoms with Gasteiger partial charge >= 0.3 is 0 Å². The fraction of sp³-hybridized carbons (Fsp3) is 0.0909. The van der Waals surface area contributed by atoms with E-state index in [4.69, 9.17) is 0 Å². The van der Waals surface area contributed by atoms with Crippen molar-refractivity contribution in [2.75, 3.05) is 6.26 Å². The molecular formula is C11H11OS2.